The zero-order chi connectivity index (χ0) is 20.8. The van der Waals surface area contributed by atoms with Crippen LogP contribution >= 0.6 is 15.9 Å². The largest absolute Gasteiger partial charge is 0.455 e. The summed E-state index contributed by atoms with van der Waals surface area (Å²) in [5, 5.41) is 0. The minimum Gasteiger partial charge on any atom is -0.455 e. The number of halogens is 1. The fraction of sp³-hybridized carbons (Fsp3) is 0.500. The van der Waals surface area contributed by atoms with Crippen LogP contribution in [0.15, 0.2) is 28.7 Å². The summed E-state index contributed by atoms with van der Waals surface area (Å²) in [6.45, 7) is -0.169. The van der Waals surface area contributed by atoms with Crippen LogP contribution in [0.5, 0.6) is 0 Å². The number of carbonyl (C=O) groups is 4. The molecular formula is C20H24BrN3O5. The summed E-state index contributed by atoms with van der Waals surface area (Å²) in [5.41, 5.74) is 4.84. The molecule has 3 rings (SSSR count). The van der Waals surface area contributed by atoms with Gasteiger partial charge in [-0.05, 0) is 37.1 Å². The molecule has 29 heavy (non-hydrogen) atoms. The fourth-order valence-electron chi connectivity index (χ4n) is 3.73. The van der Waals surface area contributed by atoms with Crippen LogP contribution in [-0.2, 0) is 19.1 Å². The van der Waals surface area contributed by atoms with Crippen molar-refractivity contribution < 1.29 is 23.9 Å². The normalized spacial score (nSPS) is 19.7. The molecule has 1 atom stereocenters. The molecule has 2 aliphatic rings. The molecule has 1 aromatic rings. The van der Waals surface area contributed by atoms with E-state index in [2.05, 4.69) is 26.8 Å². The molecule has 2 fully saturated rings. The van der Waals surface area contributed by atoms with Gasteiger partial charge >= 0.3 is 5.97 Å². The average molecular weight is 466 g/mol. The molecule has 1 aromatic carbocycles. The Morgan fingerprint density at radius 3 is 2.45 bits per heavy atom. The number of hydrogen-bond acceptors (Lipinski definition) is 5. The van der Waals surface area contributed by atoms with Gasteiger partial charge in [0.25, 0.3) is 11.8 Å². The lowest BCUT2D eigenvalue weighted by Crippen LogP contribution is -2.44. The van der Waals surface area contributed by atoms with Crippen LogP contribution in [0.3, 0.4) is 0 Å². The van der Waals surface area contributed by atoms with Crippen molar-refractivity contribution in [1.29, 1.82) is 0 Å². The summed E-state index contributed by atoms with van der Waals surface area (Å²) < 4.78 is 5.87. The third-order valence-electron chi connectivity index (χ3n) is 5.27. The second kappa shape index (κ2) is 9.87. The Balaban J connectivity index is 1.39. The Kier molecular flexibility index (Phi) is 7.24. The summed E-state index contributed by atoms with van der Waals surface area (Å²) in [6.07, 6.45) is 5.49. The van der Waals surface area contributed by atoms with E-state index in [0.717, 1.165) is 30.2 Å². The lowest BCUT2D eigenvalue weighted by atomic mass is 9.94. The Hall–Kier alpha value is -2.42. The molecule has 156 valence electrons. The van der Waals surface area contributed by atoms with Gasteiger partial charge in [-0.15, -0.1) is 0 Å². The lowest BCUT2D eigenvalue weighted by molar-refractivity contribution is -0.152. The summed E-state index contributed by atoms with van der Waals surface area (Å²) in [7, 11) is 0. The van der Waals surface area contributed by atoms with Crippen molar-refractivity contribution >= 4 is 39.6 Å². The van der Waals surface area contributed by atoms with Crippen molar-refractivity contribution in [3.8, 4) is 0 Å². The molecule has 2 N–H and O–H groups in total. The predicted molar refractivity (Wildman–Crippen MR) is 107 cm³/mol. The number of carbonyl (C=O) groups excluding carboxylic acids is 4. The summed E-state index contributed by atoms with van der Waals surface area (Å²) >= 11 is 3.27. The van der Waals surface area contributed by atoms with Crippen molar-refractivity contribution in [1.82, 2.24) is 15.8 Å². The highest BCUT2D eigenvalue weighted by Crippen LogP contribution is 2.29. The van der Waals surface area contributed by atoms with Crippen LogP contribution in [0.4, 0.5) is 0 Å². The summed E-state index contributed by atoms with van der Waals surface area (Å²) in [5.74, 6) is -2.27. The van der Waals surface area contributed by atoms with Gasteiger partial charge in [-0.3, -0.25) is 30.0 Å². The molecule has 0 radical (unpaired) electrons. The van der Waals surface area contributed by atoms with E-state index in [4.69, 9.17) is 4.74 Å². The van der Waals surface area contributed by atoms with Crippen molar-refractivity contribution in [2.24, 2.45) is 5.92 Å². The van der Waals surface area contributed by atoms with Crippen LogP contribution in [0, 0.1) is 5.92 Å². The van der Waals surface area contributed by atoms with E-state index in [-0.39, 0.29) is 18.4 Å². The predicted octanol–water partition coefficient (Wildman–Crippen LogP) is 1.93. The molecule has 1 aliphatic heterocycles. The number of benzene rings is 1. The molecule has 3 amide bonds. The highest BCUT2D eigenvalue weighted by molar-refractivity contribution is 9.10. The first-order valence-electron chi connectivity index (χ1n) is 9.75. The monoisotopic (exact) mass is 465 g/mol. The SMILES string of the molecule is O=C(COC(=O)[C@H]1CC(=O)N(C2CCCCC2)C1)NNC(=O)c1ccc(Br)cc1. The topological polar surface area (TPSA) is 105 Å². The second-order valence-electron chi connectivity index (χ2n) is 7.36. The van der Waals surface area contributed by atoms with E-state index >= 15 is 0 Å². The Morgan fingerprint density at radius 2 is 1.76 bits per heavy atom. The third kappa shape index (κ3) is 5.79. The number of ether oxygens (including phenoxy) is 1. The Bertz CT molecular complexity index is 777. The van der Waals surface area contributed by atoms with Crippen LogP contribution in [0.2, 0.25) is 0 Å². The van der Waals surface area contributed by atoms with E-state index in [0.29, 0.717) is 12.1 Å². The van der Waals surface area contributed by atoms with Gasteiger partial charge < -0.3 is 9.64 Å². The molecule has 0 aromatic heterocycles. The van der Waals surface area contributed by atoms with Gasteiger partial charge in [-0.25, -0.2) is 0 Å². The van der Waals surface area contributed by atoms with Crippen LogP contribution < -0.4 is 10.9 Å². The van der Waals surface area contributed by atoms with Gasteiger partial charge in [-0.1, -0.05) is 35.2 Å². The quantitative estimate of drug-likeness (QED) is 0.510. The van der Waals surface area contributed by atoms with Gasteiger partial charge in [0.15, 0.2) is 6.61 Å². The molecule has 1 aliphatic carbocycles. The van der Waals surface area contributed by atoms with Crippen molar-refractivity contribution in [3.63, 3.8) is 0 Å². The van der Waals surface area contributed by atoms with Gasteiger partial charge in [0.05, 0.1) is 5.92 Å². The average Bonchev–Trinajstić information content (AvgIpc) is 3.13. The fourth-order valence-corrected chi connectivity index (χ4v) is 3.99. The van der Waals surface area contributed by atoms with E-state index in [1.807, 2.05) is 0 Å². The zero-order valence-electron chi connectivity index (χ0n) is 16.0. The Morgan fingerprint density at radius 1 is 1.07 bits per heavy atom. The van der Waals surface area contributed by atoms with Gasteiger partial charge in [0, 0.05) is 29.0 Å². The van der Waals surface area contributed by atoms with Crippen molar-refractivity contribution in [2.45, 2.75) is 44.6 Å². The molecule has 0 unspecified atom stereocenters. The van der Waals surface area contributed by atoms with Gasteiger partial charge in [0.2, 0.25) is 5.91 Å². The maximum Gasteiger partial charge on any atom is 0.311 e. The number of rotatable bonds is 5. The number of amides is 3. The lowest BCUT2D eigenvalue weighted by Gasteiger charge is -2.31. The smallest absolute Gasteiger partial charge is 0.311 e. The number of hydrogen-bond donors (Lipinski definition) is 2. The van der Waals surface area contributed by atoms with Crippen LogP contribution in [0.25, 0.3) is 0 Å². The molecule has 1 saturated carbocycles. The first-order valence-corrected chi connectivity index (χ1v) is 10.5. The number of hydrazine groups is 1. The standard InChI is InChI=1S/C20H24BrN3O5/c21-15-8-6-13(7-9-15)19(27)23-22-17(25)12-29-20(28)14-10-18(26)24(11-14)16-4-2-1-3-5-16/h6-9,14,16H,1-5,10-12H2,(H,22,25)(H,23,27)/t14-/m0/s1. The minimum atomic E-state index is -0.655. The number of esters is 1. The molecule has 0 spiro atoms. The van der Waals surface area contributed by atoms with E-state index in [1.165, 1.54) is 6.42 Å². The van der Waals surface area contributed by atoms with Crippen molar-refractivity contribution in [3.05, 3.63) is 34.3 Å². The number of nitrogens with zero attached hydrogens (tertiary/aromatic N) is 1. The first-order chi connectivity index (χ1) is 13.9. The first kappa shape index (κ1) is 21.3. The van der Waals surface area contributed by atoms with E-state index < -0.39 is 30.3 Å². The van der Waals surface area contributed by atoms with Crippen LogP contribution in [0.1, 0.15) is 48.9 Å². The maximum absolute atomic E-state index is 12.2. The highest BCUT2D eigenvalue weighted by Gasteiger charge is 2.39. The molecule has 8 nitrogen and oxygen atoms in total. The van der Waals surface area contributed by atoms with E-state index in [9.17, 15) is 19.2 Å². The third-order valence-corrected chi connectivity index (χ3v) is 5.80. The molecule has 0 bridgehead atoms. The maximum atomic E-state index is 12.2. The number of nitrogens with one attached hydrogen (secondary N) is 2. The number of likely N-dealkylation sites (tertiary alicyclic amines) is 1. The van der Waals surface area contributed by atoms with Gasteiger partial charge in [-0.2, -0.15) is 0 Å². The summed E-state index contributed by atoms with van der Waals surface area (Å²) in [6, 6.07) is 6.82. The minimum absolute atomic E-state index is 0.0231. The second-order valence-corrected chi connectivity index (χ2v) is 8.27. The van der Waals surface area contributed by atoms with E-state index in [1.54, 1.807) is 29.2 Å². The van der Waals surface area contributed by atoms with Crippen molar-refractivity contribution in [2.75, 3.05) is 13.2 Å². The Labute approximate surface area is 177 Å². The molecule has 1 heterocycles. The summed E-state index contributed by atoms with van der Waals surface area (Å²) in [4.78, 5) is 50.1. The molecular weight excluding hydrogens is 442 g/mol. The van der Waals surface area contributed by atoms with Gasteiger partial charge in [0.1, 0.15) is 0 Å². The molecule has 9 heteroatoms. The molecule has 1 saturated heterocycles. The highest BCUT2D eigenvalue weighted by atomic mass is 79.9. The zero-order valence-corrected chi connectivity index (χ0v) is 17.6. The van der Waals surface area contributed by atoms with Crippen LogP contribution in [-0.4, -0.2) is 47.8 Å².